The van der Waals surface area contributed by atoms with E-state index in [1.54, 1.807) is 22.7 Å². The summed E-state index contributed by atoms with van der Waals surface area (Å²) in [4.78, 5) is 11.4. The van der Waals surface area contributed by atoms with Gasteiger partial charge >= 0.3 is 0 Å². The summed E-state index contributed by atoms with van der Waals surface area (Å²) in [5.74, 6) is 0. The van der Waals surface area contributed by atoms with Crippen molar-refractivity contribution in [2.75, 3.05) is 4.90 Å². The first-order chi connectivity index (χ1) is 17.4. The van der Waals surface area contributed by atoms with Gasteiger partial charge < -0.3 is 4.90 Å². The molecule has 0 N–H and O–H groups in total. The second-order valence-electron chi connectivity index (χ2n) is 7.99. The van der Waals surface area contributed by atoms with E-state index in [0.717, 1.165) is 38.2 Å². The molecule has 35 heavy (non-hydrogen) atoms. The highest BCUT2D eigenvalue weighted by Crippen LogP contribution is 2.42. The largest absolute Gasteiger partial charge is 0.310 e. The molecule has 0 amide bonds. The zero-order chi connectivity index (χ0) is 23.5. The number of para-hydroxylation sites is 1. The molecule has 0 fully saturated rings. The summed E-state index contributed by atoms with van der Waals surface area (Å²) in [6.07, 6.45) is 3.71. The second kappa shape index (κ2) is 9.66. The summed E-state index contributed by atoms with van der Waals surface area (Å²) in [7, 11) is 0. The molecule has 2 aromatic heterocycles. The molecule has 0 saturated carbocycles. The minimum Gasteiger partial charge on any atom is -0.310 e. The number of thiazole rings is 2. The Morgan fingerprint density at radius 1 is 0.514 bits per heavy atom. The van der Waals surface area contributed by atoms with Crippen molar-refractivity contribution in [1.29, 1.82) is 0 Å². The first kappa shape index (κ1) is 21.5. The van der Waals surface area contributed by atoms with Crippen molar-refractivity contribution in [3.63, 3.8) is 0 Å². The van der Waals surface area contributed by atoms with E-state index in [9.17, 15) is 0 Å². The van der Waals surface area contributed by atoms with Crippen LogP contribution in [0.25, 0.3) is 32.3 Å². The topological polar surface area (TPSA) is 29.0 Å². The molecule has 0 atom stereocenters. The fourth-order valence-corrected chi connectivity index (χ4v) is 5.52. The Hall–Kier alpha value is -4.06. The molecule has 4 aromatic carbocycles. The molecular weight excluding hydrogens is 466 g/mol. The van der Waals surface area contributed by atoms with Crippen molar-refractivity contribution in [2.24, 2.45) is 0 Å². The van der Waals surface area contributed by atoms with Crippen molar-refractivity contribution in [2.45, 2.75) is 0 Å². The Morgan fingerprint density at radius 2 is 1.06 bits per heavy atom. The lowest BCUT2D eigenvalue weighted by Crippen LogP contribution is -2.11. The van der Waals surface area contributed by atoms with Crippen LogP contribution in [0.1, 0.15) is 0 Å². The van der Waals surface area contributed by atoms with Crippen molar-refractivity contribution >= 4 is 39.7 Å². The van der Waals surface area contributed by atoms with Gasteiger partial charge in [0, 0.05) is 51.2 Å². The van der Waals surface area contributed by atoms with Gasteiger partial charge in [-0.3, -0.25) is 0 Å². The summed E-state index contributed by atoms with van der Waals surface area (Å²) in [6.45, 7) is 0. The molecule has 0 spiro atoms. The molecule has 2 heterocycles. The van der Waals surface area contributed by atoms with Gasteiger partial charge in [0.25, 0.3) is 0 Å². The van der Waals surface area contributed by atoms with Gasteiger partial charge in [-0.15, -0.1) is 22.7 Å². The Kier molecular flexibility index (Phi) is 5.93. The molecule has 0 bridgehead atoms. The van der Waals surface area contributed by atoms with E-state index >= 15 is 0 Å². The number of hydrogen-bond donors (Lipinski definition) is 0. The lowest BCUT2D eigenvalue weighted by molar-refractivity contribution is 1.28. The zero-order valence-electron chi connectivity index (χ0n) is 18.8. The van der Waals surface area contributed by atoms with E-state index < -0.39 is 0 Å². The van der Waals surface area contributed by atoms with Crippen LogP contribution in [0.15, 0.2) is 126 Å². The summed E-state index contributed by atoms with van der Waals surface area (Å²) >= 11 is 3.30. The minimum atomic E-state index is 1.01. The number of benzene rings is 4. The molecule has 0 aliphatic rings. The van der Waals surface area contributed by atoms with E-state index in [1.807, 2.05) is 23.2 Å². The highest BCUT2D eigenvalue weighted by Gasteiger charge is 2.18. The normalized spacial score (nSPS) is 10.9. The quantitative estimate of drug-likeness (QED) is 0.235. The smallest absolute Gasteiger partial charge is 0.123 e. The lowest BCUT2D eigenvalue weighted by atomic mass is 10.0. The monoisotopic (exact) mass is 487 g/mol. The van der Waals surface area contributed by atoms with E-state index in [4.69, 9.17) is 0 Å². The maximum absolute atomic E-state index is 4.54. The van der Waals surface area contributed by atoms with Crippen LogP contribution >= 0.6 is 22.7 Å². The van der Waals surface area contributed by atoms with Gasteiger partial charge in [-0.2, -0.15) is 0 Å². The molecule has 0 saturated heterocycles. The lowest BCUT2D eigenvalue weighted by Gasteiger charge is -2.28. The average Bonchev–Trinajstić information content (AvgIpc) is 3.65. The third-order valence-corrected chi connectivity index (χ3v) is 7.44. The van der Waals surface area contributed by atoms with Gasteiger partial charge in [0.1, 0.15) is 10.0 Å². The van der Waals surface area contributed by atoms with Crippen molar-refractivity contribution in [3.05, 3.63) is 126 Å². The molecular formula is C30H21N3S2. The van der Waals surface area contributed by atoms with Gasteiger partial charge in [0.05, 0.1) is 5.69 Å². The third kappa shape index (κ3) is 4.39. The number of hydrogen-bond acceptors (Lipinski definition) is 5. The molecule has 0 radical (unpaired) electrons. The van der Waals surface area contributed by atoms with E-state index in [0.29, 0.717) is 0 Å². The summed E-state index contributed by atoms with van der Waals surface area (Å²) in [5, 5.41) is 6.06. The Balaban J connectivity index is 1.56. The average molecular weight is 488 g/mol. The van der Waals surface area contributed by atoms with Crippen LogP contribution in [-0.4, -0.2) is 9.97 Å². The highest BCUT2D eigenvalue weighted by molar-refractivity contribution is 7.13. The molecule has 5 heteroatoms. The molecule has 168 valence electrons. The van der Waals surface area contributed by atoms with Gasteiger partial charge in [-0.25, -0.2) is 9.97 Å². The minimum absolute atomic E-state index is 1.01. The predicted molar refractivity (Wildman–Crippen MR) is 149 cm³/mol. The Morgan fingerprint density at radius 3 is 1.63 bits per heavy atom. The van der Waals surface area contributed by atoms with Crippen LogP contribution in [0.5, 0.6) is 0 Å². The number of anilines is 3. The fourth-order valence-electron chi connectivity index (χ4n) is 4.25. The van der Waals surface area contributed by atoms with Crippen LogP contribution in [0.4, 0.5) is 17.1 Å². The van der Waals surface area contributed by atoms with Crippen LogP contribution in [0.2, 0.25) is 0 Å². The van der Waals surface area contributed by atoms with Crippen molar-refractivity contribution in [3.8, 4) is 32.3 Å². The van der Waals surface area contributed by atoms with Crippen LogP contribution in [0.3, 0.4) is 0 Å². The maximum Gasteiger partial charge on any atom is 0.123 e. The van der Waals surface area contributed by atoms with Crippen molar-refractivity contribution in [1.82, 2.24) is 9.97 Å². The first-order valence-electron chi connectivity index (χ1n) is 11.3. The number of nitrogens with zero attached hydrogens (tertiary/aromatic N) is 3. The maximum atomic E-state index is 4.54. The second-order valence-corrected chi connectivity index (χ2v) is 9.78. The van der Waals surface area contributed by atoms with Gasteiger partial charge in [0.2, 0.25) is 0 Å². The Bertz CT molecular complexity index is 1460. The molecule has 0 unspecified atom stereocenters. The summed E-state index contributed by atoms with van der Waals surface area (Å²) < 4.78 is 0. The SMILES string of the molecule is c1ccc(-c2ccccc2N(c2cccc(-c3nccs3)c2)c2cccc(-c3nccs3)c2)cc1. The number of aromatic nitrogens is 2. The standard InChI is InChI=1S/C30H21N3S2/c1-2-8-22(9-3-1)27-14-4-5-15-28(27)33(25-12-6-10-23(20-25)29-31-16-18-34-29)26-13-7-11-24(21-26)30-32-17-19-35-30/h1-21H. The fraction of sp³-hybridized carbons (Fsp3) is 0. The van der Waals surface area contributed by atoms with Crippen LogP contribution < -0.4 is 4.90 Å². The summed E-state index contributed by atoms with van der Waals surface area (Å²) in [6, 6.07) is 36.3. The highest BCUT2D eigenvalue weighted by atomic mass is 32.1. The zero-order valence-corrected chi connectivity index (χ0v) is 20.4. The molecule has 0 aliphatic carbocycles. The Labute approximate surface area is 212 Å². The van der Waals surface area contributed by atoms with Crippen molar-refractivity contribution < 1.29 is 0 Å². The molecule has 3 nitrogen and oxygen atoms in total. The van der Waals surface area contributed by atoms with Gasteiger partial charge in [-0.1, -0.05) is 72.8 Å². The van der Waals surface area contributed by atoms with Crippen LogP contribution in [0, 0.1) is 0 Å². The predicted octanol–water partition coefficient (Wildman–Crippen LogP) is 9.07. The van der Waals surface area contributed by atoms with E-state index in [1.165, 1.54) is 11.1 Å². The third-order valence-electron chi connectivity index (χ3n) is 5.80. The summed E-state index contributed by atoms with van der Waals surface area (Å²) in [5.41, 5.74) is 7.85. The van der Waals surface area contributed by atoms with E-state index in [2.05, 4.69) is 118 Å². The molecule has 6 rings (SSSR count). The first-order valence-corrected chi connectivity index (χ1v) is 13.1. The van der Waals surface area contributed by atoms with Gasteiger partial charge in [-0.05, 0) is 35.9 Å². The van der Waals surface area contributed by atoms with E-state index in [-0.39, 0.29) is 0 Å². The number of rotatable bonds is 6. The van der Waals surface area contributed by atoms with Gasteiger partial charge in [0.15, 0.2) is 0 Å². The molecule has 6 aromatic rings. The molecule has 0 aliphatic heterocycles. The van der Waals surface area contributed by atoms with Crippen LogP contribution in [-0.2, 0) is 0 Å².